The van der Waals surface area contributed by atoms with Gasteiger partial charge in [0.15, 0.2) is 0 Å². The van der Waals surface area contributed by atoms with Crippen molar-refractivity contribution in [1.29, 1.82) is 0 Å². The molecule has 1 aliphatic carbocycles. The molecule has 3 N–H and O–H groups in total. The van der Waals surface area contributed by atoms with E-state index in [0.717, 1.165) is 38.0 Å². The van der Waals surface area contributed by atoms with Crippen molar-refractivity contribution < 1.29 is 14.4 Å². The van der Waals surface area contributed by atoms with Gasteiger partial charge in [-0.05, 0) is 57.6 Å². The zero-order chi connectivity index (χ0) is 19.1. The average Bonchev–Trinajstić information content (AvgIpc) is 2.62. The fourth-order valence-corrected chi connectivity index (χ4v) is 3.28. The maximum Gasteiger partial charge on any atom is 0.313 e. The molecule has 0 radical (unpaired) electrons. The molecule has 6 heteroatoms. The lowest BCUT2D eigenvalue weighted by atomic mass is 9.84. The first-order valence-corrected chi connectivity index (χ1v) is 9.42. The summed E-state index contributed by atoms with van der Waals surface area (Å²) in [7, 11) is 0. The summed E-state index contributed by atoms with van der Waals surface area (Å²) in [5.74, 6) is -0.950. The Hall–Kier alpha value is -2.37. The van der Waals surface area contributed by atoms with Crippen LogP contribution in [0.4, 0.5) is 5.69 Å². The molecule has 26 heavy (non-hydrogen) atoms. The maximum absolute atomic E-state index is 12.2. The number of anilines is 1. The Morgan fingerprint density at radius 3 is 2.31 bits per heavy atom. The van der Waals surface area contributed by atoms with Crippen LogP contribution < -0.4 is 16.0 Å². The van der Waals surface area contributed by atoms with E-state index in [2.05, 4.69) is 22.9 Å². The van der Waals surface area contributed by atoms with Gasteiger partial charge in [-0.15, -0.1) is 0 Å². The minimum Gasteiger partial charge on any atom is -0.350 e. The van der Waals surface area contributed by atoms with Crippen molar-refractivity contribution >= 4 is 23.4 Å². The van der Waals surface area contributed by atoms with Crippen molar-refractivity contribution in [3.05, 3.63) is 29.8 Å². The van der Waals surface area contributed by atoms with E-state index in [0.29, 0.717) is 11.3 Å². The fraction of sp³-hybridized carbons (Fsp3) is 0.550. The minimum atomic E-state index is -0.743. The summed E-state index contributed by atoms with van der Waals surface area (Å²) in [4.78, 5) is 36.7. The standard InChI is InChI=1S/C20H29N3O3/c1-4-14-9-11-15(12-10-14)22-19(25)20(26)23-17-8-6-5-7-16(17)18(24)21-13(2)3/h5-8,13-15H,4,9-12H2,1-3H3,(H,21,24)(H,22,25)(H,23,26). The summed E-state index contributed by atoms with van der Waals surface area (Å²) in [5, 5.41) is 8.16. The molecule has 0 spiro atoms. The predicted molar refractivity (Wildman–Crippen MR) is 102 cm³/mol. The predicted octanol–water partition coefficient (Wildman–Crippen LogP) is 2.85. The van der Waals surface area contributed by atoms with E-state index < -0.39 is 11.8 Å². The first-order chi connectivity index (χ1) is 12.4. The van der Waals surface area contributed by atoms with E-state index >= 15 is 0 Å². The van der Waals surface area contributed by atoms with E-state index in [4.69, 9.17) is 0 Å². The average molecular weight is 359 g/mol. The van der Waals surface area contributed by atoms with Gasteiger partial charge in [0.2, 0.25) is 0 Å². The van der Waals surface area contributed by atoms with E-state index in [1.54, 1.807) is 24.3 Å². The topological polar surface area (TPSA) is 87.3 Å². The van der Waals surface area contributed by atoms with Crippen LogP contribution in [-0.2, 0) is 9.59 Å². The van der Waals surface area contributed by atoms with Crippen molar-refractivity contribution in [1.82, 2.24) is 10.6 Å². The zero-order valence-corrected chi connectivity index (χ0v) is 15.8. The lowest BCUT2D eigenvalue weighted by Gasteiger charge is -2.28. The molecule has 1 aliphatic rings. The monoisotopic (exact) mass is 359 g/mol. The quantitative estimate of drug-likeness (QED) is 0.707. The molecule has 0 heterocycles. The summed E-state index contributed by atoms with van der Waals surface area (Å²) in [5.41, 5.74) is 0.672. The Morgan fingerprint density at radius 2 is 1.69 bits per heavy atom. The Labute approximate surface area is 155 Å². The van der Waals surface area contributed by atoms with Gasteiger partial charge in [-0.1, -0.05) is 25.5 Å². The third kappa shape index (κ3) is 5.58. The molecular weight excluding hydrogens is 330 g/mol. The molecule has 3 amide bonds. The van der Waals surface area contributed by atoms with Crippen molar-refractivity contribution in [3.63, 3.8) is 0 Å². The van der Waals surface area contributed by atoms with Crippen molar-refractivity contribution in [2.24, 2.45) is 5.92 Å². The number of rotatable bonds is 5. The SMILES string of the molecule is CCC1CCC(NC(=O)C(=O)Nc2ccccc2C(=O)NC(C)C)CC1. The summed E-state index contributed by atoms with van der Waals surface area (Å²) < 4.78 is 0. The van der Waals surface area contributed by atoms with Crippen LogP contribution in [0.15, 0.2) is 24.3 Å². The normalized spacial score (nSPS) is 19.7. The molecule has 0 aromatic heterocycles. The number of nitrogens with one attached hydrogen (secondary N) is 3. The highest BCUT2D eigenvalue weighted by atomic mass is 16.2. The smallest absolute Gasteiger partial charge is 0.313 e. The van der Waals surface area contributed by atoms with Crippen LogP contribution in [0, 0.1) is 5.92 Å². The highest BCUT2D eigenvalue weighted by molar-refractivity contribution is 6.40. The molecule has 6 nitrogen and oxygen atoms in total. The lowest BCUT2D eigenvalue weighted by Crippen LogP contribution is -2.43. The molecule has 0 bridgehead atoms. The number of benzene rings is 1. The van der Waals surface area contributed by atoms with Gasteiger partial charge in [-0.25, -0.2) is 0 Å². The summed E-state index contributed by atoms with van der Waals surface area (Å²) >= 11 is 0. The third-order valence-electron chi connectivity index (χ3n) is 4.81. The van der Waals surface area contributed by atoms with E-state index in [1.807, 2.05) is 13.8 Å². The third-order valence-corrected chi connectivity index (χ3v) is 4.81. The summed E-state index contributed by atoms with van der Waals surface area (Å²) in [6.45, 7) is 5.91. The minimum absolute atomic E-state index is 0.0206. The second-order valence-electron chi connectivity index (χ2n) is 7.23. The number of carbonyl (C=O) groups is 3. The van der Waals surface area contributed by atoms with Crippen LogP contribution >= 0.6 is 0 Å². The van der Waals surface area contributed by atoms with Crippen LogP contribution in [0.25, 0.3) is 0 Å². The Bertz CT molecular complexity index is 649. The molecule has 142 valence electrons. The molecule has 0 unspecified atom stereocenters. The largest absolute Gasteiger partial charge is 0.350 e. The van der Waals surface area contributed by atoms with Crippen molar-refractivity contribution in [3.8, 4) is 0 Å². The number of amides is 3. The highest BCUT2D eigenvalue weighted by Gasteiger charge is 2.24. The van der Waals surface area contributed by atoms with Gasteiger partial charge in [-0.3, -0.25) is 14.4 Å². The maximum atomic E-state index is 12.2. The zero-order valence-electron chi connectivity index (χ0n) is 15.8. The highest BCUT2D eigenvalue weighted by Crippen LogP contribution is 2.26. The fourth-order valence-electron chi connectivity index (χ4n) is 3.28. The van der Waals surface area contributed by atoms with Crippen molar-refractivity contribution in [2.45, 2.75) is 65.0 Å². The Morgan fingerprint density at radius 1 is 1.04 bits per heavy atom. The molecule has 2 rings (SSSR count). The van der Waals surface area contributed by atoms with Crippen LogP contribution in [0.5, 0.6) is 0 Å². The van der Waals surface area contributed by atoms with Crippen molar-refractivity contribution in [2.75, 3.05) is 5.32 Å². The van der Waals surface area contributed by atoms with Gasteiger partial charge in [0.25, 0.3) is 5.91 Å². The number of para-hydroxylation sites is 1. The van der Waals surface area contributed by atoms with Gasteiger partial charge < -0.3 is 16.0 Å². The molecular formula is C20H29N3O3. The second-order valence-corrected chi connectivity index (χ2v) is 7.23. The Kier molecular flexibility index (Phi) is 7.18. The summed E-state index contributed by atoms with van der Waals surface area (Å²) in [6.07, 6.45) is 5.15. The molecule has 1 aromatic rings. The molecule has 0 aliphatic heterocycles. The van der Waals surface area contributed by atoms with E-state index in [-0.39, 0.29) is 18.0 Å². The van der Waals surface area contributed by atoms with Gasteiger partial charge in [0.1, 0.15) is 0 Å². The Balaban J connectivity index is 1.95. The van der Waals surface area contributed by atoms with E-state index in [1.165, 1.54) is 0 Å². The molecule has 0 saturated heterocycles. The van der Waals surface area contributed by atoms with Gasteiger partial charge >= 0.3 is 11.8 Å². The molecule has 1 saturated carbocycles. The lowest BCUT2D eigenvalue weighted by molar-refractivity contribution is -0.136. The first kappa shape index (κ1) is 19.9. The number of hydrogen-bond acceptors (Lipinski definition) is 3. The molecule has 0 atom stereocenters. The number of hydrogen-bond donors (Lipinski definition) is 3. The number of carbonyl (C=O) groups excluding carboxylic acids is 3. The van der Waals surface area contributed by atoms with Gasteiger partial charge in [0.05, 0.1) is 11.3 Å². The second kappa shape index (κ2) is 9.36. The molecule has 1 aromatic carbocycles. The van der Waals surface area contributed by atoms with Crippen LogP contribution in [-0.4, -0.2) is 29.8 Å². The first-order valence-electron chi connectivity index (χ1n) is 9.42. The molecule has 1 fully saturated rings. The van der Waals surface area contributed by atoms with Gasteiger partial charge in [0, 0.05) is 12.1 Å². The van der Waals surface area contributed by atoms with E-state index in [9.17, 15) is 14.4 Å². The van der Waals surface area contributed by atoms with Crippen LogP contribution in [0.1, 0.15) is 63.2 Å². The summed E-state index contributed by atoms with van der Waals surface area (Å²) in [6, 6.07) is 6.70. The van der Waals surface area contributed by atoms with Crippen LogP contribution in [0.3, 0.4) is 0 Å². The van der Waals surface area contributed by atoms with Crippen LogP contribution in [0.2, 0.25) is 0 Å². The van der Waals surface area contributed by atoms with Gasteiger partial charge in [-0.2, -0.15) is 0 Å².